The summed E-state index contributed by atoms with van der Waals surface area (Å²) in [6.07, 6.45) is 2.87. The number of ether oxygens (including phenoxy) is 4. The number of carbonyl (C=O) groups excluding carboxylic acids is 2. The van der Waals surface area contributed by atoms with Crippen LogP contribution in [0.4, 0.5) is 0 Å². The van der Waals surface area contributed by atoms with Gasteiger partial charge in [-0.1, -0.05) is 31.2 Å². The number of hydrogen-bond acceptors (Lipinski definition) is 7. The number of rotatable bonds is 10. The second-order valence-electron chi connectivity index (χ2n) is 8.82. The summed E-state index contributed by atoms with van der Waals surface area (Å²) in [6, 6.07) is 15.0. The molecule has 0 fully saturated rings. The van der Waals surface area contributed by atoms with Gasteiger partial charge in [-0.15, -0.1) is 0 Å². The molecule has 0 saturated carbocycles. The smallest absolute Gasteiger partial charge is 0.336 e. The minimum atomic E-state index is -0.550. The van der Waals surface area contributed by atoms with Crippen LogP contribution in [0.1, 0.15) is 51.0 Å². The van der Waals surface area contributed by atoms with Crippen LogP contribution in [0.25, 0.3) is 0 Å². The van der Waals surface area contributed by atoms with E-state index >= 15 is 0 Å². The average molecular weight is 492 g/mol. The molecule has 1 N–H and O–H groups in total. The SMILES string of the molecule is CCCOc1ccc([C@@H]2C(C(=O)OCCOc3ccccc3)=C(C)NC3=C2C(=O)CCC3)cc1OC. The van der Waals surface area contributed by atoms with Gasteiger partial charge in [0.05, 0.1) is 19.3 Å². The molecule has 7 heteroatoms. The Kier molecular flexibility index (Phi) is 8.31. The number of hydrogen-bond donors (Lipinski definition) is 1. The Bertz CT molecular complexity index is 1170. The van der Waals surface area contributed by atoms with E-state index in [-0.39, 0.29) is 19.0 Å². The van der Waals surface area contributed by atoms with E-state index < -0.39 is 11.9 Å². The van der Waals surface area contributed by atoms with E-state index in [2.05, 4.69) is 5.32 Å². The fourth-order valence-electron chi connectivity index (χ4n) is 4.67. The van der Waals surface area contributed by atoms with E-state index in [0.717, 1.165) is 30.5 Å². The number of nitrogens with one attached hydrogen (secondary N) is 1. The first-order valence-corrected chi connectivity index (χ1v) is 12.4. The molecule has 1 atom stereocenters. The predicted molar refractivity (Wildman–Crippen MR) is 136 cm³/mol. The summed E-state index contributed by atoms with van der Waals surface area (Å²) in [6.45, 7) is 4.77. The lowest BCUT2D eigenvalue weighted by Crippen LogP contribution is -2.34. The molecule has 36 heavy (non-hydrogen) atoms. The Balaban J connectivity index is 1.61. The van der Waals surface area contributed by atoms with Gasteiger partial charge < -0.3 is 24.3 Å². The van der Waals surface area contributed by atoms with Crippen LogP contribution >= 0.6 is 0 Å². The van der Waals surface area contributed by atoms with Crippen LogP contribution in [0.2, 0.25) is 0 Å². The summed E-state index contributed by atoms with van der Waals surface area (Å²) in [5, 5.41) is 3.31. The maximum Gasteiger partial charge on any atom is 0.336 e. The Labute approximate surface area is 212 Å². The zero-order valence-electron chi connectivity index (χ0n) is 21.1. The quantitative estimate of drug-likeness (QED) is 0.367. The molecule has 2 aromatic carbocycles. The molecule has 0 amide bonds. The third-order valence-corrected chi connectivity index (χ3v) is 6.31. The number of methoxy groups -OCH3 is 1. The summed E-state index contributed by atoms with van der Waals surface area (Å²) >= 11 is 0. The molecular weight excluding hydrogens is 458 g/mol. The van der Waals surface area contributed by atoms with Gasteiger partial charge in [0.25, 0.3) is 0 Å². The first-order chi connectivity index (χ1) is 17.5. The van der Waals surface area contributed by atoms with Crippen LogP contribution in [0.3, 0.4) is 0 Å². The Hall–Kier alpha value is -3.74. The lowest BCUT2D eigenvalue weighted by Gasteiger charge is -2.34. The van der Waals surface area contributed by atoms with E-state index in [1.54, 1.807) is 7.11 Å². The van der Waals surface area contributed by atoms with Gasteiger partial charge in [0, 0.05) is 29.3 Å². The van der Waals surface area contributed by atoms with Crippen molar-refractivity contribution in [2.24, 2.45) is 0 Å². The van der Waals surface area contributed by atoms with Crippen molar-refractivity contribution in [3.05, 3.63) is 76.6 Å². The van der Waals surface area contributed by atoms with E-state index in [1.807, 2.05) is 62.4 Å². The fourth-order valence-corrected chi connectivity index (χ4v) is 4.67. The van der Waals surface area contributed by atoms with E-state index in [0.29, 0.717) is 47.1 Å². The Morgan fingerprint density at radius 1 is 1.00 bits per heavy atom. The molecular formula is C29H33NO6. The highest BCUT2D eigenvalue weighted by atomic mass is 16.6. The number of para-hydroxylation sites is 1. The zero-order valence-corrected chi connectivity index (χ0v) is 21.1. The normalized spacial score (nSPS) is 17.3. The monoisotopic (exact) mass is 491 g/mol. The largest absolute Gasteiger partial charge is 0.493 e. The molecule has 0 spiro atoms. The standard InChI is InChI=1S/C29H33NO6/c1-4-15-35-24-14-13-20(18-25(24)33-3)27-26(19(2)30-22-11-8-12-23(31)28(22)27)29(32)36-17-16-34-21-9-6-5-7-10-21/h5-7,9-10,13-14,18,27,30H,4,8,11-12,15-17H2,1-3H3/t27-/m1/s1. The van der Waals surface area contributed by atoms with Gasteiger partial charge in [0.1, 0.15) is 19.0 Å². The highest BCUT2D eigenvalue weighted by molar-refractivity contribution is 6.03. The summed E-state index contributed by atoms with van der Waals surface area (Å²) in [4.78, 5) is 26.5. The number of Topliss-reactive ketones (excluding diaryl/α,β-unsaturated/α-hetero) is 1. The van der Waals surface area contributed by atoms with E-state index in [9.17, 15) is 9.59 Å². The molecule has 4 rings (SSSR count). The number of esters is 1. The van der Waals surface area contributed by atoms with E-state index in [1.165, 1.54) is 0 Å². The molecule has 0 unspecified atom stereocenters. The van der Waals surface area contributed by atoms with Crippen LogP contribution in [0, 0.1) is 0 Å². The maximum absolute atomic E-state index is 13.4. The van der Waals surface area contributed by atoms with Gasteiger partial charge in [-0.05, 0) is 56.0 Å². The Morgan fingerprint density at radius 2 is 1.81 bits per heavy atom. The Morgan fingerprint density at radius 3 is 2.56 bits per heavy atom. The van der Waals surface area contributed by atoms with Crippen molar-refractivity contribution < 1.29 is 28.5 Å². The van der Waals surface area contributed by atoms with Crippen LogP contribution in [0.5, 0.6) is 17.2 Å². The molecule has 0 saturated heterocycles. The topological polar surface area (TPSA) is 83.1 Å². The predicted octanol–water partition coefficient (Wildman–Crippen LogP) is 5.07. The van der Waals surface area contributed by atoms with Crippen molar-refractivity contribution >= 4 is 11.8 Å². The summed E-state index contributed by atoms with van der Waals surface area (Å²) in [5.74, 6) is 0.920. The highest BCUT2D eigenvalue weighted by Crippen LogP contribution is 2.44. The highest BCUT2D eigenvalue weighted by Gasteiger charge is 2.39. The van der Waals surface area contributed by atoms with Crippen molar-refractivity contribution in [1.82, 2.24) is 5.32 Å². The molecule has 0 aromatic heterocycles. The molecule has 0 bridgehead atoms. The number of ketones is 1. The van der Waals surface area contributed by atoms with Crippen LogP contribution in [0.15, 0.2) is 71.1 Å². The minimum Gasteiger partial charge on any atom is -0.493 e. The van der Waals surface area contributed by atoms with Gasteiger partial charge in [0.15, 0.2) is 17.3 Å². The van der Waals surface area contributed by atoms with Crippen LogP contribution in [-0.2, 0) is 14.3 Å². The molecule has 190 valence electrons. The second-order valence-corrected chi connectivity index (χ2v) is 8.82. The first kappa shape index (κ1) is 25.4. The average Bonchev–Trinajstić information content (AvgIpc) is 2.89. The zero-order chi connectivity index (χ0) is 25.5. The van der Waals surface area contributed by atoms with Crippen molar-refractivity contribution in [3.63, 3.8) is 0 Å². The van der Waals surface area contributed by atoms with Crippen molar-refractivity contribution in [3.8, 4) is 17.2 Å². The minimum absolute atomic E-state index is 0.0456. The lowest BCUT2D eigenvalue weighted by atomic mass is 9.75. The van der Waals surface area contributed by atoms with Crippen molar-refractivity contribution in [2.75, 3.05) is 26.9 Å². The van der Waals surface area contributed by atoms with Crippen molar-refractivity contribution in [2.45, 2.75) is 45.4 Å². The molecule has 0 radical (unpaired) electrons. The molecule has 1 aliphatic heterocycles. The maximum atomic E-state index is 13.4. The number of dihydropyridines is 1. The fraction of sp³-hybridized carbons (Fsp3) is 0.379. The number of carbonyl (C=O) groups is 2. The second kappa shape index (κ2) is 11.8. The van der Waals surface area contributed by atoms with Crippen molar-refractivity contribution in [1.29, 1.82) is 0 Å². The van der Waals surface area contributed by atoms with Crippen LogP contribution < -0.4 is 19.5 Å². The molecule has 1 aliphatic carbocycles. The van der Waals surface area contributed by atoms with E-state index in [4.69, 9.17) is 18.9 Å². The molecule has 1 heterocycles. The summed E-state index contributed by atoms with van der Waals surface area (Å²) in [5.41, 5.74) is 3.40. The molecule has 7 nitrogen and oxygen atoms in total. The van der Waals surface area contributed by atoms with Gasteiger partial charge in [-0.3, -0.25) is 4.79 Å². The number of allylic oxidation sites excluding steroid dienone is 3. The number of benzene rings is 2. The summed E-state index contributed by atoms with van der Waals surface area (Å²) < 4.78 is 22.7. The van der Waals surface area contributed by atoms with Gasteiger partial charge in [-0.2, -0.15) is 0 Å². The summed E-state index contributed by atoms with van der Waals surface area (Å²) in [7, 11) is 1.58. The van der Waals surface area contributed by atoms with Crippen LogP contribution in [-0.4, -0.2) is 38.7 Å². The third-order valence-electron chi connectivity index (χ3n) is 6.31. The van der Waals surface area contributed by atoms with Gasteiger partial charge in [0.2, 0.25) is 0 Å². The lowest BCUT2D eigenvalue weighted by molar-refractivity contribution is -0.140. The first-order valence-electron chi connectivity index (χ1n) is 12.4. The molecule has 2 aliphatic rings. The van der Waals surface area contributed by atoms with Gasteiger partial charge in [-0.25, -0.2) is 4.79 Å². The van der Waals surface area contributed by atoms with Gasteiger partial charge >= 0.3 is 5.97 Å². The molecule has 2 aromatic rings. The third kappa shape index (κ3) is 5.56.